The van der Waals surface area contributed by atoms with Crippen molar-refractivity contribution < 1.29 is 23.8 Å². The van der Waals surface area contributed by atoms with Crippen molar-refractivity contribution in [2.45, 2.75) is 12.5 Å². The van der Waals surface area contributed by atoms with E-state index in [1.165, 1.54) is 0 Å². The van der Waals surface area contributed by atoms with Crippen LogP contribution in [0.15, 0.2) is 78.9 Å². The zero-order valence-electron chi connectivity index (χ0n) is 16.8. The van der Waals surface area contributed by atoms with Gasteiger partial charge in [0.15, 0.2) is 0 Å². The highest BCUT2D eigenvalue weighted by atomic mass is 16.5. The van der Waals surface area contributed by atoms with Crippen LogP contribution in [0.5, 0.6) is 11.5 Å². The predicted molar refractivity (Wildman–Crippen MR) is 114 cm³/mol. The highest BCUT2D eigenvalue weighted by molar-refractivity contribution is 5.96. The number of amides is 1. The van der Waals surface area contributed by atoms with Crippen molar-refractivity contribution in [1.29, 1.82) is 0 Å². The first-order valence-electron chi connectivity index (χ1n) is 9.41. The van der Waals surface area contributed by atoms with E-state index in [1.807, 2.05) is 6.07 Å². The molecule has 0 aliphatic heterocycles. The molecule has 154 valence electrons. The molecule has 0 aliphatic rings. The lowest BCUT2D eigenvalue weighted by Crippen LogP contribution is -2.26. The molecular formula is C24H23NO5. The topological polar surface area (TPSA) is 73.9 Å². The third-order valence-electron chi connectivity index (χ3n) is 4.43. The van der Waals surface area contributed by atoms with Crippen LogP contribution < -0.4 is 14.8 Å². The lowest BCUT2D eigenvalue weighted by molar-refractivity contribution is -0.154. The van der Waals surface area contributed by atoms with Gasteiger partial charge in [0.25, 0.3) is 5.91 Å². The van der Waals surface area contributed by atoms with Gasteiger partial charge in [-0.15, -0.1) is 0 Å². The van der Waals surface area contributed by atoms with Crippen molar-refractivity contribution in [2.24, 2.45) is 0 Å². The van der Waals surface area contributed by atoms with E-state index in [1.54, 1.807) is 87.0 Å². The highest BCUT2D eigenvalue weighted by Crippen LogP contribution is 2.22. The first-order valence-corrected chi connectivity index (χ1v) is 9.41. The number of nitrogens with one attached hydrogen (secondary N) is 1. The summed E-state index contributed by atoms with van der Waals surface area (Å²) in [6, 6.07) is 23.0. The smallest absolute Gasteiger partial charge is 0.311 e. The maximum atomic E-state index is 12.9. The minimum Gasteiger partial charge on any atom is -0.497 e. The van der Waals surface area contributed by atoms with Crippen molar-refractivity contribution in [3.05, 3.63) is 90.0 Å². The molecule has 0 fully saturated rings. The lowest BCUT2D eigenvalue weighted by Gasteiger charge is -2.18. The summed E-state index contributed by atoms with van der Waals surface area (Å²) in [5, 5.41) is 2.79. The number of hydrogen-bond donors (Lipinski definition) is 1. The molecule has 0 spiro atoms. The maximum Gasteiger partial charge on any atom is 0.311 e. The number of carbonyl (C=O) groups is 2. The minimum atomic E-state index is -1.08. The fourth-order valence-corrected chi connectivity index (χ4v) is 2.91. The van der Waals surface area contributed by atoms with Crippen LogP contribution in [-0.2, 0) is 20.7 Å². The Bertz CT molecular complexity index is 986. The molecule has 0 aromatic heterocycles. The van der Waals surface area contributed by atoms with Crippen molar-refractivity contribution in [1.82, 2.24) is 0 Å². The van der Waals surface area contributed by atoms with E-state index in [0.29, 0.717) is 22.7 Å². The van der Waals surface area contributed by atoms with E-state index < -0.39 is 18.0 Å². The highest BCUT2D eigenvalue weighted by Gasteiger charge is 2.25. The van der Waals surface area contributed by atoms with Gasteiger partial charge in [0, 0.05) is 11.3 Å². The van der Waals surface area contributed by atoms with Crippen molar-refractivity contribution >= 4 is 17.6 Å². The molecule has 30 heavy (non-hydrogen) atoms. The summed E-state index contributed by atoms with van der Waals surface area (Å²) in [5.74, 6) is 0.377. The van der Waals surface area contributed by atoms with Crippen LogP contribution in [-0.4, -0.2) is 26.1 Å². The molecular weight excluding hydrogens is 382 g/mol. The molecule has 1 atom stereocenters. The van der Waals surface area contributed by atoms with E-state index in [2.05, 4.69) is 5.32 Å². The molecule has 6 heteroatoms. The van der Waals surface area contributed by atoms with Crippen LogP contribution in [0.4, 0.5) is 5.69 Å². The van der Waals surface area contributed by atoms with Crippen molar-refractivity contribution in [3.8, 4) is 11.5 Å². The van der Waals surface area contributed by atoms with E-state index >= 15 is 0 Å². The molecule has 0 heterocycles. The van der Waals surface area contributed by atoms with E-state index in [4.69, 9.17) is 14.2 Å². The number of methoxy groups -OCH3 is 2. The average molecular weight is 405 g/mol. The second kappa shape index (κ2) is 10.1. The Kier molecular flexibility index (Phi) is 7.05. The molecule has 6 nitrogen and oxygen atoms in total. The Hall–Kier alpha value is -3.80. The quantitative estimate of drug-likeness (QED) is 0.570. The molecule has 0 bridgehead atoms. The Balaban J connectivity index is 1.74. The van der Waals surface area contributed by atoms with Gasteiger partial charge in [-0.1, -0.05) is 42.5 Å². The lowest BCUT2D eigenvalue weighted by atomic mass is 10.1. The predicted octanol–water partition coefficient (Wildman–Crippen LogP) is 4.17. The third-order valence-corrected chi connectivity index (χ3v) is 4.43. The van der Waals surface area contributed by atoms with E-state index in [9.17, 15) is 9.59 Å². The summed E-state index contributed by atoms with van der Waals surface area (Å²) in [4.78, 5) is 25.5. The number of esters is 1. The van der Waals surface area contributed by atoms with Gasteiger partial charge in [-0.25, -0.2) is 0 Å². The number of benzene rings is 3. The van der Waals surface area contributed by atoms with Gasteiger partial charge in [0.05, 0.1) is 20.6 Å². The zero-order valence-corrected chi connectivity index (χ0v) is 16.8. The van der Waals surface area contributed by atoms with Gasteiger partial charge in [-0.05, 0) is 42.0 Å². The van der Waals surface area contributed by atoms with Gasteiger partial charge in [-0.2, -0.15) is 0 Å². The molecule has 0 saturated carbocycles. The van der Waals surface area contributed by atoms with E-state index in [-0.39, 0.29) is 6.42 Å². The Labute approximate surface area is 175 Å². The first kappa shape index (κ1) is 20.9. The van der Waals surface area contributed by atoms with E-state index in [0.717, 1.165) is 5.56 Å². The van der Waals surface area contributed by atoms with Crippen LogP contribution in [0, 0.1) is 0 Å². The molecule has 1 N–H and O–H groups in total. The Morgan fingerprint density at radius 2 is 1.53 bits per heavy atom. The minimum absolute atomic E-state index is 0.0242. The fraction of sp³-hybridized carbons (Fsp3) is 0.167. The molecule has 1 amide bonds. The number of carbonyl (C=O) groups excluding carboxylic acids is 2. The summed E-state index contributed by atoms with van der Waals surface area (Å²) >= 11 is 0. The summed E-state index contributed by atoms with van der Waals surface area (Å²) in [6.45, 7) is 0. The third kappa shape index (κ3) is 5.61. The molecule has 0 saturated heterocycles. The number of rotatable bonds is 8. The second-order valence-corrected chi connectivity index (χ2v) is 6.53. The number of hydrogen-bond acceptors (Lipinski definition) is 5. The number of ether oxygens (including phenoxy) is 3. The molecule has 0 radical (unpaired) electrons. The average Bonchev–Trinajstić information content (AvgIpc) is 2.78. The van der Waals surface area contributed by atoms with Crippen LogP contribution in [0.3, 0.4) is 0 Å². The summed E-state index contributed by atoms with van der Waals surface area (Å²) < 4.78 is 15.9. The summed E-state index contributed by atoms with van der Waals surface area (Å²) in [7, 11) is 3.13. The van der Waals surface area contributed by atoms with Gasteiger partial charge >= 0.3 is 5.97 Å². The van der Waals surface area contributed by atoms with Crippen molar-refractivity contribution in [2.75, 3.05) is 19.5 Å². The van der Waals surface area contributed by atoms with Crippen LogP contribution in [0.2, 0.25) is 0 Å². The Morgan fingerprint density at radius 3 is 2.20 bits per heavy atom. The molecule has 3 rings (SSSR count). The first-order chi connectivity index (χ1) is 14.6. The van der Waals surface area contributed by atoms with Crippen LogP contribution >= 0.6 is 0 Å². The molecule has 0 aliphatic carbocycles. The molecule has 1 unspecified atom stereocenters. The molecule has 3 aromatic rings. The fourth-order valence-electron chi connectivity index (χ4n) is 2.91. The van der Waals surface area contributed by atoms with Gasteiger partial charge in [-0.3, -0.25) is 9.59 Å². The second-order valence-electron chi connectivity index (χ2n) is 6.53. The summed E-state index contributed by atoms with van der Waals surface area (Å²) in [6.07, 6.45) is -1.05. The van der Waals surface area contributed by atoms with Gasteiger partial charge in [0.1, 0.15) is 11.5 Å². The normalized spacial score (nSPS) is 11.3. The standard InChI is InChI=1S/C24H23NO5/c1-28-20-13-11-19(12-14-20)25-24(27)23(18-8-4-3-5-9-18)30-22(26)16-17-7-6-10-21(15-17)29-2/h3-15,23H,16H2,1-2H3,(H,25,27). The van der Waals surface area contributed by atoms with Gasteiger partial charge in [0.2, 0.25) is 6.10 Å². The van der Waals surface area contributed by atoms with Crippen LogP contribution in [0.1, 0.15) is 17.2 Å². The number of anilines is 1. The maximum absolute atomic E-state index is 12.9. The molecule has 3 aromatic carbocycles. The van der Waals surface area contributed by atoms with Crippen molar-refractivity contribution in [3.63, 3.8) is 0 Å². The summed E-state index contributed by atoms with van der Waals surface area (Å²) in [5.41, 5.74) is 1.90. The van der Waals surface area contributed by atoms with Crippen LogP contribution in [0.25, 0.3) is 0 Å². The SMILES string of the molecule is COc1ccc(NC(=O)C(OC(=O)Cc2cccc(OC)c2)c2ccccc2)cc1. The Morgan fingerprint density at radius 1 is 0.833 bits per heavy atom. The van der Waals surface area contributed by atoms with Gasteiger partial charge < -0.3 is 19.5 Å². The largest absolute Gasteiger partial charge is 0.497 e. The monoisotopic (exact) mass is 405 g/mol. The zero-order chi connectivity index (χ0) is 21.3.